The molecular weight excluding hydrogens is 351 g/mol. The molecule has 0 fully saturated rings. The van der Waals surface area contributed by atoms with Crippen LogP contribution in [0.1, 0.15) is 6.92 Å². The number of aromatic nitrogens is 2. The Morgan fingerprint density at radius 1 is 1.60 bits per heavy atom. The van der Waals surface area contributed by atoms with Gasteiger partial charge in [-0.2, -0.15) is 0 Å². The third kappa shape index (κ3) is 3.53. The molecule has 84 valence electrons. The van der Waals surface area contributed by atoms with Crippen molar-refractivity contribution in [3.63, 3.8) is 0 Å². The standard InChI is InChI=1S/C8H10ClIN2O2S/c1-6(2-9)4-15(13,14)8-7(10)3-11-5-12-8/h3,5-6H,2,4H2,1H3. The first-order chi connectivity index (χ1) is 6.97. The number of rotatable bonds is 4. The molecule has 0 aliphatic rings. The molecule has 0 saturated heterocycles. The van der Waals surface area contributed by atoms with E-state index < -0.39 is 9.84 Å². The molecule has 1 aromatic rings. The molecule has 1 aromatic heterocycles. The number of hydrogen-bond donors (Lipinski definition) is 0. The van der Waals surface area contributed by atoms with Gasteiger partial charge < -0.3 is 0 Å². The van der Waals surface area contributed by atoms with E-state index in [4.69, 9.17) is 11.6 Å². The van der Waals surface area contributed by atoms with E-state index in [9.17, 15) is 8.42 Å². The lowest BCUT2D eigenvalue weighted by atomic mass is 10.3. The Labute approximate surface area is 108 Å². The molecule has 4 nitrogen and oxygen atoms in total. The zero-order valence-electron chi connectivity index (χ0n) is 8.02. The van der Waals surface area contributed by atoms with E-state index in [0.29, 0.717) is 9.45 Å². The summed E-state index contributed by atoms with van der Waals surface area (Å²) in [7, 11) is -3.35. The van der Waals surface area contributed by atoms with Crippen molar-refractivity contribution in [1.82, 2.24) is 9.97 Å². The fourth-order valence-corrected chi connectivity index (χ4v) is 4.16. The van der Waals surface area contributed by atoms with Gasteiger partial charge in [0.05, 0.1) is 9.32 Å². The molecule has 0 aliphatic carbocycles. The molecule has 0 aromatic carbocycles. The first-order valence-electron chi connectivity index (χ1n) is 4.21. The van der Waals surface area contributed by atoms with Gasteiger partial charge in [-0.05, 0) is 28.5 Å². The van der Waals surface area contributed by atoms with Gasteiger partial charge >= 0.3 is 0 Å². The number of nitrogens with zero attached hydrogens (tertiary/aromatic N) is 2. The second kappa shape index (κ2) is 5.40. The van der Waals surface area contributed by atoms with Gasteiger partial charge in [0, 0.05) is 12.1 Å². The molecule has 0 amide bonds. The maximum atomic E-state index is 11.9. The molecule has 0 spiro atoms. The van der Waals surface area contributed by atoms with Crippen molar-refractivity contribution >= 4 is 44.0 Å². The summed E-state index contributed by atoms with van der Waals surface area (Å²) in [6.45, 7) is 1.79. The average molecular weight is 361 g/mol. The van der Waals surface area contributed by atoms with E-state index >= 15 is 0 Å². The maximum Gasteiger partial charge on any atom is 0.197 e. The van der Waals surface area contributed by atoms with Crippen LogP contribution < -0.4 is 0 Å². The number of halogens is 2. The quantitative estimate of drug-likeness (QED) is 0.466. The van der Waals surface area contributed by atoms with Gasteiger partial charge in [0.15, 0.2) is 14.9 Å². The summed E-state index contributed by atoms with van der Waals surface area (Å²) >= 11 is 7.49. The lowest BCUT2D eigenvalue weighted by Gasteiger charge is -2.08. The zero-order valence-corrected chi connectivity index (χ0v) is 11.8. The van der Waals surface area contributed by atoms with Crippen molar-refractivity contribution < 1.29 is 8.42 Å². The molecular formula is C8H10ClIN2O2S. The Balaban J connectivity index is 3.02. The highest BCUT2D eigenvalue weighted by Crippen LogP contribution is 2.17. The van der Waals surface area contributed by atoms with Gasteiger partial charge in [-0.15, -0.1) is 11.6 Å². The minimum Gasteiger partial charge on any atom is -0.244 e. The van der Waals surface area contributed by atoms with Crippen LogP contribution in [0.5, 0.6) is 0 Å². The van der Waals surface area contributed by atoms with Gasteiger partial charge in [0.1, 0.15) is 6.33 Å². The van der Waals surface area contributed by atoms with E-state index in [1.807, 2.05) is 22.6 Å². The van der Waals surface area contributed by atoms with E-state index in [-0.39, 0.29) is 16.7 Å². The summed E-state index contributed by atoms with van der Waals surface area (Å²) in [5, 5.41) is 0.0927. The molecule has 0 N–H and O–H groups in total. The molecule has 15 heavy (non-hydrogen) atoms. The van der Waals surface area contributed by atoms with Gasteiger partial charge in [0.2, 0.25) is 0 Å². The number of hydrogen-bond acceptors (Lipinski definition) is 4. The van der Waals surface area contributed by atoms with E-state index in [1.165, 1.54) is 12.5 Å². The summed E-state index contributed by atoms with van der Waals surface area (Å²) in [6, 6.07) is 0. The fraction of sp³-hybridized carbons (Fsp3) is 0.500. The van der Waals surface area contributed by atoms with Crippen LogP contribution in [0.15, 0.2) is 17.6 Å². The molecule has 0 bridgehead atoms. The van der Waals surface area contributed by atoms with Crippen molar-refractivity contribution in [1.29, 1.82) is 0 Å². The van der Waals surface area contributed by atoms with Crippen LogP contribution in [0.3, 0.4) is 0 Å². The SMILES string of the molecule is CC(CCl)CS(=O)(=O)c1ncncc1I. The largest absolute Gasteiger partial charge is 0.244 e. The Bertz CT molecular complexity index is 438. The van der Waals surface area contributed by atoms with Crippen molar-refractivity contribution in [2.75, 3.05) is 11.6 Å². The van der Waals surface area contributed by atoms with Crippen LogP contribution in [0.2, 0.25) is 0 Å². The highest BCUT2D eigenvalue weighted by Gasteiger charge is 2.22. The maximum absolute atomic E-state index is 11.9. The Hall–Kier alpha value is 0.0500. The monoisotopic (exact) mass is 360 g/mol. The molecule has 1 unspecified atom stereocenters. The topological polar surface area (TPSA) is 59.9 Å². The second-order valence-corrected chi connectivity index (χ2v) is 6.64. The summed E-state index contributed by atoms with van der Waals surface area (Å²) < 4.78 is 24.3. The fourth-order valence-electron chi connectivity index (χ4n) is 1.03. The predicted molar refractivity (Wildman–Crippen MR) is 66.7 cm³/mol. The first-order valence-corrected chi connectivity index (χ1v) is 7.48. The highest BCUT2D eigenvalue weighted by atomic mass is 127. The Morgan fingerprint density at radius 3 is 2.80 bits per heavy atom. The van der Waals surface area contributed by atoms with Crippen LogP contribution in [-0.2, 0) is 9.84 Å². The molecule has 0 saturated carbocycles. The Morgan fingerprint density at radius 2 is 2.27 bits per heavy atom. The molecule has 1 heterocycles. The third-order valence-electron chi connectivity index (χ3n) is 1.70. The smallest absolute Gasteiger partial charge is 0.197 e. The lowest BCUT2D eigenvalue weighted by molar-refractivity contribution is 0.578. The van der Waals surface area contributed by atoms with E-state index in [2.05, 4.69) is 9.97 Å². The second-order valence-electron chi connectivity index (χ2n) is 3.22. The molecule has 1 atom stereocenters. The first kappa shape index (κ1) is 13.1. The van der Waals surface area contributed by atoms with Gasteiger partial charge in [0.25, 0.3) is 0 Å². The molecule has 1 rings (SSSR count). The Kier molecular flexibility index (Phi) is 4.72. The predicted octanol–water partition coefficient (Wildman–Crippen LogP) is 1.73. The molecule has 0 radical (unpaired) electrons. The minimum atomic E-state index is -3.35. The van der Waals surface area contributed by atoms with Crippen molar-refractivity contribution in [3.8, 4) is 0 Å². The highest BCUT2D eigenvalue weighted by molar-refractivity contribution is 14.1. The van der Waals surface area contributed by atoms with Crippen molar-refractivity contribution in [3.05, 3.63) is 16.1 Å². The zero-order chi connectivity index (χ0) is 11.5. The third-order valence-corrected chi connectivity index (χ3v) is 5.30. The van der Waals surface area contributed by atoms with Crippen LogP contribution in [0, 0.1) is 9.49 Å². The lowest BCUT2D eigenvalue weighted by Crippen LogP contribution is -2.17. The van der Waals surface area contributed by atoms with Crippen LogP contribution >= 0.6 is 34.2 Å². The van der Waals surface area contributed by atoms with E-state index in [0.717, 1.165) is 0 Å². The van der Waals surface area contributed by atoms with Gasteiger partial charge in [-0.3, -0.25) is 0 Å². The summed E-state index contributed by atoms with van der Waals surface area (Å²) in [5.41, 5.74) is 0. The number of sulfone groups is 1. The number of alkyl halides is 1. The van der Waals surface area contributed by atoms with Crippen LogP contribution in [0.25, 0.3) is 0 Å². The molecule has 7 heteroatoms. The molecule has 0 aliphatic heterocycles. The van der Waals surface area contributed by atoms with E-state index in [1.54, 1.807) is 6.92 Å². The summed E-state index contributed by atoms with van der Waals surface area (Å²) in [6.07, 6.45) is 2.71. The van der Waals surface area contributed by atoms with Gasteiger partial charge in [-0.25, -0.2) is 18.4 Å². The average Bonchev–Trinajstić information content (AvgIpc) is 2.17. The van der Waals surface area contributed by atoms with Crippen molar-refractivity contribution in [2.45, 2.75) is 11.9 Å². The summed E-state index contributed by atoms with van der Waals surface area (Å²) in [4.78, 5) is 7.54. The minimum absolute atomic E-state index is 0.0174. The normalized spacial score (nSPS) is 13.8. The summed E-state index contributed by atoms with van der Waals surface area (Å²) in [5.74, 6) is 0.257. The van der Waals surface area contributed by atoms with Crippen molar-refractivity contribution in [2.24, 2.45) is 5.92 Å². The van der Waals surface area contributed by atoms with Crippen LogP contribution in [0.4, 0.5) is 0 Å². The van der Waals surface area contributed by atoms with Crippen LogP contribution in [-0.4, -0.2) is 30.0 Å². The van der Waals surface area contributed by atoms with Gasteiger partial charge in [-0.1, -0.05) is 6.92 Å².